The van der Waals surface area contributed by atoms with Crippen LogP contribution in [0.5, 0.6) is 0 Å². The van der Waals surface area contributed by atoms with Gasteiger partial charge in [0.05, 0.1) is 11.4 Å². The molecule has 3 aromatic rings. The highest BCUT2D eigenvalue weighted by Gasteiger charge is 2.17. The molecule has 0 fully saturated rings. The molecule has 0 aliphatic rings. The molecule has 6 nitrogen and oxygen atoms in total. The van der Waals surface area contributed by atoms with Crippen molar-refractivity contribution in [1.29, 1.82) is 0 Å². The van der Waals surface area contributed by atoms with E-state index in [1.54, 1.807) is 12.1 Å². The first-order valence-electron chi connectivity index (χ1n) is 9.62. The van der Waals surface area contributed by atoms with E-state index in [1.165, 1.54) is 18.7 Å². The van der Waals surface area contributed by atoms with Crippen molar-refractivity contribution in [2.45, 2.75) is 31.8 Å². The Hall–Kier alpha value is -2.64. The van der Waals surface area contributed by atoms with Crippen molar-refractivity contribution in [3.63, 3.8) is 0 Å². The predicted molar refractivity (Wildman–Crippen MR) is 120 cm³/mol. The Bertz CT molecular complexity index is 1040. The Morgan fingerprint density at radius 1 is 1.13 bits per heavy atom. The number of halogens is 1. The molecule has 2 aromatic carbocycles. The third kappa shape index (κ3) is 5.70. The van der Waals surface area contributed by atoms with Gasteiger partial charge in [0.15, 0.2) is 10.9 Å². The molecule has 0 saturated heterocycles. The summed E-state index contributed by atoms with van der Waals surface area (Å²) in [6.45, 7) is 4.00. The van der Waals surface area contributed by atoms with Crippen LogP contribution in [-0.4, -0.2) is 38.8 Å². The number of aryl methyl sites for hydroxylation is 2. The SMILES string of the molecule is CC(=O)NCCCc1nnc(SCC(=O)c2ccccc2)n1-c1ccc(C)c(Cl)c1. The summed E-state index contributed by atoms with van der Waals surface area (Å²) in [4.78, 5) is 23.6. The van der Waals surface area contributed by atoms with E-state index in [-0.39, 0.29) is 17.4 Å². The lowest BCUT2D eigenvalue weighted by atomic mass is 10.2. The lowest BCUT2D eigenvalue weighted by molar-refractivity contribution is -0.118. The summed E-state index contributed by atoms with van der Waals surface area (Å²) in [7, 11) is 0. The third-order valence-electron chi connectivity index (χ3n) is 4.49. The van der Waals surface area contributed by atoms with E-state index in [9.17, 15) is 9.59 Å². The van der Waals surface area contributed by atoms with Crippen LogP contribution in [-0.2, 0) is 11.2 Å². The molecule has 0 spiro atoms. The standard InChI is InChI=1S/C22H23ClN4O2S/c1-15-10-11-18(13-19(15)23)27-21(9-6-12-24-16(2)28)25-26-22(27)30-14-20(29)17-7-4-3-5-8-17/h3-5,7-8,10-11,13H,6,9,12,14H2,1-2H3,(H,24,28). The molecule has 156 valence electrons. The van der Waals surface area contributed by atoms with E-state index >= 15 is 0 Å². The van der Waals surface area contributed by atoms with Gasteiger partial charge in [-0.15, -0.1) is 10.2 Å². The number of hydrogen-bond acceptors (Lipinski definition) is 5. The number of hydrogen-bond donors (Lipinski definition) is 1. The molecule has 0 aliphatic heterocycles. The number of thioether (sulfide) groups is 1. The van der Waals surface area contributed by atoms with Gasteiger partial charge in [0.1, 0.15) is 5.82 Å². The normalized spacial score (nSPS) is 10.8. The highest BCUT2D eigenvalue weighted by Crippen LogP contribution is 2.26. The highest BCUT2D eigenvalue weighted by atomic mass is 35.5. The zero-order valence-electron chi connectivity index (χ0n) is 16.9. The fourth-order valence-electron chi connectivity index (χ4n) is 2.88. The lowest BCUT2D eigenvalue weighted by Crippen LogP contribution is -2.21. The highest BCUT2D eigenvalue weighted by molar-refractivity contribution is 7.99. The zero-order chi connectivity index (χ0) is 21.5. The number of nitrogens with one attached hydrogen (secondary N) is 1. The molecule has 8 heteroatoms. The van der Waals surface area contributed by atoms with Crippen LogP contribution < -0.4 is 5.32 Å². The number of amides is 1. The molecule has 3 rings (SSSR count). The molecule has 0 aliphatic carbocycles. The summed E-state index contributed by atoms with van der Waals surface area (Å²) in [5.74, 6) is 0.991. The summed E-state index contributed by atoms with van der Waals surface area (Å²) in [5.41, 5.74) is 2.50. The number of aromatic nitrogens is 3. The van der Waals surface area contributed by atoms with Crippen LogP contribution in [0.4, 0.5) is 0 Å². The minimum Gasteiger partial charge on any atom is -0.356 e. The number of Topliss-reactive ketones (excluding diaryl/α,β-unsaturated/α-hetero) is 1. The topological polar surface area (TPSA) is 76.9 Å². The number of nitrogens with zero attached hydrogens (tertiary/aromatic N) is 3. The monoisotopic (exact) mass is 442 g/mol. The van der Waals surface area contributed by atoms with Crippen LogP contribution in [0.3, 0.4) is 0 Å². The minimum atomic E-state index is -0.0579. The molecule has 0 saturated carbocycles. The van der Waals surface area contributed by atoms with Gasteiger partial charge in [0.2, 0.25) is 5.91 Å². The van der Waals surface area contributed by atoms with Gasteiger partial charge in [-0.25, -0.2) is 0 Å². The van der Waals surface area contributed by atoms with Crippen molar-refractivity contribution >= 4 is 35.1 Å². The van der Waals surface area contributed by atoms with E-state index < -0.39 is 0 Å². The summed E-state index contributed by atoms with van der Waals surface area (Å²) in [6.07, 6.45) is 1.36. The summed E-state index contributed by atoms with van der Waals surface area (Å²) < 4.78 is 1.93. The van der Waals surface area contributed by atoms with Gasteiger partial charge in [-0.2, -0.15) is 0 Å². The van der Waals surface area contributed by atoms with E-state index in [0.29, 0.717) is 28.7 Å². The first-order chi connectivity index (χ1) is 14.5. The molecule has 1 amide bonds. The van der Waals surface area contributed by atoms with Crippen LogP contribution in [0, 0.1) is 6.92 Å². The van der Waals surface area contributed by atoms with Gasteiger partial charge in [0, 0.05) is 30.5 Å². The van der Waals surface area contributed by atoms with Gasteiger partial charge in [0.25, 0.3) is 0 Å². The number of ketones is 1. The number of rotatable bonds is 9. The van der Waals surface area contributed by atoms with Gasteiger partial charge >= 0.3 is 0 Å². The Morgan fingerprint density at radius 3 is 2.60 bits per heavy atom. The Morgan fingerprint density at radius 2 is 1.90 bits per heavy atom. The van der Waals surface area contributed by atoms with Crippen LogP contribution in [0.15, 0.2) is 53.7 Å². The van der Waals surface area contributed by atoms with Crippen molar-refractivity contribution in [1.82, 2.24) is 20.1 Å². The third-order valence-corrected chi connectivity index (χ3v) is 5.83. The van der Waals surface area contributed by atoms with Crippen molar-refractivity contribution in [2.24, 2.45) is 0 Å². The fraction of sp³-hybridized carbons (Fsp3) is 0.273. The molecule has 30 heavy (non-hydrogen) atoms. The Balaban J connectivity index is 1.81. The minimum absolute atomic E-state index is 0.0318. The summed E-state index contributed by atoms with van der Waals surface area (Å²) >= 11 is 7.69. The summed E-state index contributed by atoms with van der Waals surface area (Å²) in [5, 5.41) is 12.7. The van der Waals surface area contributed by atoms with Crippen molar-refractivity contribution in [2.75, 3.05) is 12.3 Å². The molecule has 1 aromatic heterocycles. The molecule has 1 heterocycles. The number of carbonyl (C=O) groups is 2. The zero-order valence-corrected chi connectivity index (χ0v) is 18.5. The fourth-order valence-corrected chi connectivity index (χ4v) is 3.92. The van der Waals surface area contributed by atoms with E-state index in [1.807, 2.05) is 47.9 Å². The van der Waals surface area contributed by atoms with Crippen LogP contribution >= 0.6 is 23.4 Å². The second kappa shape index (κ2) is 10.4. The smallest absolute Gasteiger partial charge is 0.216 e. The van der Waals surface area contributed by atoms with Gasteiger partial charge in [-0.3, -0.25) is 14.2 Å². The van der Waals surface area contributed by atoms with Gasteiger partial charge in [-0.05, 0) is 31.0 Å². The largest absolute Gasteiger partial charge is 0.356 e. The van der Waals surface area contributed by atoms with E-state index in [2.05, 4.69) is 15.5 Å². The Kier molecular flexibility index (Phi) is 7.65. The first-order valence-corrected chi connectivity index (χ1v) is 11.0. The molecule has 0 bridgehead atoms. The maximum absolute atomic E-state index is 12.5. The van der Waals surface area contributed by atoms with Gasteiger partial charge in [-0.1, -0.05) is 59.8 Å². The van der Waals surface area contributed by atoms with Crippen LogP contribution in [0.1, 0.15) is 35.1 Å². The van der Waals surface area contributed by atoms with Crippen molar-refractivity contribution in [3.8, 4) is 5.69 Å². The predicted octanol–water partition coefficient (Wildman–Crippen LogP) is 4.27. The molecular weight excluding hydrogens is 420 g/mol. The molecular formula is C22H23ClN4O2S. The average molecular weight is 443 g/mol. The molecule has 0 unspecified atom stereocenters. The second-order valence-electron chi connectivity index (χ2n) is 6.83. The van der Waals surface area contributed by atoms with Crippen LogP contribution in [0.25, 0.3) is 5.69 Å². The molecule has 0 atom stereocenters. The molecule has 1 N–H and O–H groups in total. The van der Waals surface area contributed by atoms with Crippen molar-refractivity contribution < 1.29 is 9.59 Å². The number of carbonyl (C=O) groups excluding carboxylic acids is 2. The van der Waals surface area contributed by atoms with Gasteiger partial charge < -0.3 is 5.32 Å². The van der Waals surface area contributed by atoms with E-state index in [0.717, 1.165) is 23.5 Å². The lowest BCUT2D eigenvalue weighted by Gasteiger charge is -2.11. The maximum atomic E-state index is 12.5. The number of benzene rings is 2. The van der Waals surface area contributed by atoms with E-state index in [4.69, 9.17) is 11.6 Å². The summed E-state index contributed by atoms with van der Waals surface area (Å²) in [6, 6.07) is 15.0. The van der Waals surface area contributed by atoms with Crippen molar-refractivity contribution in [3.05, 3.63) is 70.5 Å². The quantitative estimate of drug-likeness (QED) is 0.304. The average Bonchev–Trinajstić information content (AvgIpc) is 3.14. The first kappa shape index (κ1) is 22.1. The molecule has 0 radical (unpaired) electrons. The Labute approximate surface area is 185 Å². The maximum Gasteiger partial charge on any atom is 0.216 e. The van der Waals surface area contributed by atoms with Crippen LogP contribution in [0.2, 0.25) is 5.02 Å². The second-order valence-corrected chi connectivity index (χ2v) is 8.18.